The molecule has 2 heterocycles. The van der Waals surface area contributed by atoms with Crippen molar-refractivity contribution in [3.8, 4) is 5.75 Å². The summed E-state index contributed by atoms with van der Waals surface area (Å²) in [6, 6.07) is 18.7. The number of ether oxygens (including phenoxy) is 1. The van der Waals surface area contributed by atoms with Gasteiger partial charge in [0.2, 0.25) is 0 Å². The summed E-state index contributed by atoms with van der Waals surface area (Å²) in [5.41, 5.74) is 14.3. The van der Waals surface area contributed by atoms with Crippen LogP contribution in [-0.2, 0) is 17.9 Å². The number of aliphatic carboxylic acids is 1. The summed E-state index contributed by atoms with van der Waals surface area (Å²) >= 11 is 0. The second-order valence-electron chi connectivity index (χ2n) is 12.3. The summed E-state index contributed by atoms with van der Waals surface area (Å²) < 4.78 is 6.17. The van der Waals surface area contributed by atoms with Gasteiger partial charge in [-0.3, -0.25) is 14.7 Å². The summed E-state index contributed by atoms with van der Waals surface area (Å²) in [6.45, 7) is 6.98. The van der Waals surface area contributed by atoms with Crippen LogP contribution in [0.25, 0.3) is 10.9 Å². The molecule has 0 amide bonds. The summed E-state index contributed by atoms with van der Waals surface area (Å²) in [6.07, 6.45) is 4.89. The fraction of sp³-hybridized carbons (Fsp3) is 0.371. The van der Waals surface area contributed by atoms with E-state index in [1.54, 1.807) is 7.05 Å². The molecule has 6 rings (SSSR count). The predicted octanol–water partition coefficient (Wildman–Crippen LogP) is 5.92. The second-order valence-corrected chi connectivity index (χ2v) is 12.3. The fourth-order valence-electron chi connectivity index (χ4n) is 7.20. The van der Waals surface area contributed by atoms with Gasteiger partial charge in [-0.1, -0.05) is 43.2 Å². The van der Waals surface area contributed by atoms with Crippen molar-refractivity contribution in [1.29, 1.82) is 0 Å². The third-order valence-corrected chi connectivity index (χ3v) is 9.64. The monoisotopic (exact) mass is 579 g/mol. The number of nitrogen functional groups attached to an aromatic ring is 1. The Balaban J connectivity index is 1.39. The number of benzene rings is 3. The van der Waals surface area contributed by atoms with Gasteiger partial charge in [-0.15, -0.1) is 0 Å². The molecular weight excluding hydrogens is 538 g/mol. The zero-order valence-corrected chi connectivity index (χ0v) is 25.3. The first-order chi connectivity index (χ1) is 20.7. The number of nitrogens with zero attached hydrogens (tertiary/aromatic N) is 3. The number of pyridine rings is 1. The molecule has 1 aliphatic carbocycles. The maximum atomic E-state index is 13.1. The molecule has 0 saturated heterocycles. The van der Waals surface area contributed by atoms with Crippen LogP contribution in [0.1, 0.15) is 65.0 Å². The number of nitrogens with two attached hydrogens (primary N) is 2. The molecule has 43 heavy (non-hydrogen) atoms. The van der Waals surface area contributed by atoms with Gasteiger partial charge in [-0.25, -0.2) is 5.84 Å². The lowest BCUT2D eigenvalue weighted by Crippen LogP contribution is -2.36. The SMILES string of the molecule is Cc1ccc(C(c2ccc(N(C)N)c(N)c2C)C2(C(=O)O)CCCC2)cc1CN1CCOc2cc3cccnc3cc2C1. The molecule has 8 nitrogen and oxygen atoms in total. The molecular formula is C35H41N5O3. The lowest BCUT2D eigenvalue weighted by atomic mass is 9.66. The first-order valence-electron chi connectivity index (χ1n) is 15.1. The summed E-state index contributed by atoms with van der Waals surface area (Å²) in [5, 5.41) is 13.3. The van der Waals surface area contributed by atoms with Crippen molar-refractivity contribution >= 4 is 28.2 Å². The first kappa shape index (κ1) is 29.0. The number of carbonyl (C=O) groups is 1. The number of hydrazine groups is 1. The van der Waals surface area contributed by atoms with Crippen LogP contribution in [-0.4, -0.2) is 41.2 Å². The normalized spacial score (nSPS) is 17.2. The molecule has 2 aliphatic rings. The molecule has 0 spiro atoms. The Morgan fingerprint density at radius 2 is 1.93 bits per heavy atom. The van der Waals surface area contributed by atoms with Crippen LogP contribution in [0.5, 0.6) is 5.75 Å². The Morgan fingerprint density at radius 3 is 2.67 bits per heavy atom. The maximum absolute atomic E-state index is 13.1. The molecule has 8 heteroatoms. The molecule has 1 fully saturated rings. The van der Waals surface area contributed by atoms with E-state index in [0.29, 0.717) is 25.1 Å². The Hall–Kier alpha value is -4.14. The van der Waals surface area contributed by atoms with Gasteiger partial charge in [0, 0.05) is 49.7 Å². The summed E-state index contributed by atoms with van der Waals surface area (Å²) in [4.78, 5) is 20.1. The van der Waals surface area contributed by atoms with E-state index in [1.165, 1.54) is 16.1 Å². The predicted molar refractivity (Wildman–Crippen MR) is 171 cm³/mol. The largest absolute Gasteiger partial charge is 0.492 e. The van der Waals surface area contributed by atoms with Crippen molar-refractivity contribution in [2.75, 3.05) is 30.9 Å². The smallest absolute Gasteiger partial charge is 0.310 e. The van der Waals surface area contributed by atoms with Gasteiger partial charge < -0.3 is 20.6 Å². The number of fused-ring (bicyclic) bond motifs is 2. The lowest BCUT2D eigenvalue weighted by Gasteiger charge is -2.36. The maximum Gasteiger partial charge on any atom is 0.310 e. The van der Waals surface area contributed by atoms with Crippen molar-refractivity contribution in [3.05, 3.63) is 94.2 Å². The Morgan fingerprint density at radius 1 is 1.14 bits per heavy atom. The third kappa shape index (κ3) is 5.30. The van der Waals surface area contributed by atoms with E-state index in [4.69, 9.17) is 16.3 Å². The van der Waals surface area contributed by atoms with Gasteiger partial charge in [-0.2, -0.15) is 0 Å². The van der Waals surface area contributed by atoms with Crippen LogP contribution < -0.4 is 21.3 Å². The van der Waals surface area contributed by atoms with E-state index in [9.17, 15) is 9.90 Å². The number of anilines is 2. The van der Waals surface area contributed by atoms with Crippen LogP contribution in [0, 0.1) is 19.3 Å². The number of hydrogen-bond donors (Lipinski definition) is 3. The van der Waals surface area contributed by atoms with E-state index in [0.717, 1.165) is 77.1 Å². The van der Waals surface area contributed by atoms with E-state index in [2.05, 4.69) is 53.2 Å². The standard InChI is InChI=1S/C35H41N5O3/c1-22-8-9-25(17-26(22)20-40-15-16-43-31-19-24-7-6-14-38-29(24)18-27(31)21-40)32(35(34(41)42)12-4-5-13-35)28-10-11-30(39(3)37)33(36)23(28)2/h6-11,14,17-19,32H,4-5,12-13,15-16,20-21,36-37H2,1-3H3,(H,41,42). The van der Waals surface area contributed by atoms with E-state index < -0.39 is 11.4 Å². The van der Waals surface area contributed by atoms with Crippen molar-refractivity contribution < 1.29 is 14.6 Å². The molecule has 1 saturated carbocycles. The highest BCUT2D eigenvalue weighted by Crippen LogP contribution is 2.53. The number of aromatic nitrogens is 1. The van der Waals surface area contributed by atoms with Crippen molar-refractivity contribution in [2.45, 2.75) is 58.5 Å². The van der Waals surface area contributed by atoms with Crippen molar-refractivity contribution in [1.82, 2.24) is 9.88 Å². The third-order valence-electron chi connectivity index (χ3n) is 9.64. The van der Waals surface area contributed by atoms with E-state index >= 15 is 0 Å². The van der Waals surface area contributed by atoms with Crippen LogP contribution in [0.15, 0.2) is 60.8 Å². The van der Waals surface area contributed by atoms with Gasteiger partial charge in [0.05, 0.1) is 22.3 Å². The van der Waals surface area contributed by atoms with Gasteiger partial charge in [0.1, 0.15) is 12.4 Å². The summed E-state index contributed by atoms with van der Waals surface area (Å²) in [7, 11) is 1.76. The molecule has 0 radical (unpaired) electrons. The molecule has 1 unspecified atom stereocenters. The van der Waals surface area contributed by atoms with Crippen molar-refractivity contribution in [2.24, 2.45) is 11.3 Å². The Bertz CT molecular complexity index is 1680. The quantitative estimate of drug-likeness (QED) is 0.140. The molecule has 224 valence electrons. The molecule has 1 aromatic heterocycles. The number of carboxylic acids is 1. The van der Waals surface area contributed by atoms with Crippen molar-refractivity contribution in [3.63, 3.8) is 0 Å². The topological polar surface area (TPSA) is 118 Å². The lowest BCUT2D eigenvalue weighted by molar-refractivity contribution is -0.149. The van der Waals surface area contributed by atoms with Gasteiger partial charge in [0.15, 0.2) is 0 Å². The highest BCUT2D eigenvalue weighted by Gasteiger charge is 2.49. The van der Waals surface area contributed by atoms with Crippen LogP contribution in [0.3, 0.4) is 0 Å². The zero-order chi connectivity index (χ0) is 30.3. The number of carboxylic acid groups (broad SMARTS) is 1. The zero-order valence-electron chi connectivity index (χ0n) is 25.3. The van der Waals surface area contributed by atoms with Gasteiger partial charge in [-0.05, 0) is 78.8 Å². The number of aryl methyl sites for hydroxylation is 1. The fourth-order valence-corrected chi connectivity index (χ4v) is 7.20. The molecule has 1 atom stereocenters. The molecule has 0 bridgehead atoms. The molecule has 5 N–H and O–H groups in total. The van der Waals surface area contributed by atoms with Crippen LogP contribution in [0.4, 0.5) is 11.4 Å². The van der Waals surface area contributed by atoms with Crippen LogP contribution >= 0.6 is 0 Å². The Labute approximate surface area is 253 Å². The molecule has 4 aromatic rings. The average molecular weight is 580 g/mol. The summed E-state index contributed by atoms with van der Waals surface area (Å²) in [5.74, 6) is 5.89. The first-order valence-corrected chi connectivity index (χ1v) is 15.1. The number of hydrogen-bond acceptors (Lipinski definition) is 7. The Kier molecular flexibility index (Phi) is 7.75. The number of rotatable bonds is 7. The minimum Gasteiger partial charge on any atom is -0.492 e. The average Bonchev–Trinajstić information content (AvgIpc) is 3.40. The second kappa shape index (κ2) is 11.5. The van der Waals surface area contributed by atoms with Gasteiger partial charge in [0.25, 0.3) is 0 Å². The minimum absolute atomic E-state index is 0.336. The molecule has 3 aromatic carbocycles. The molecule has 1 aliphatic heterocycles. The highest BCUT2D eigenvalue weighted by molar-refractivity contribution is 5.81. The van der Waals surface area contributed by atoms with Crippen LogP contribution in [0.2, 0.25) is 0 Å². The van der Waals surface area contributed by atoms with Gasteiger partial charge >= 0.3 is 5.97 Å². The van der Waals surface area contributed by atoms with E-state index in [1.807, 2.05) is 31.3 Å². The minimum atomic E-state index is -0.900. The highest BCUT2D eigenvalue weighted by atomic mass is 16.5. The van der Waals surface area contributed by atoms with E-state index in [-0.39, 0.29) is 5.92 Å².